The van der Waals surface area contributed by atoms with E-state index in [1.165, 1.54) is 16.4 Å². The van der Waals surface area contributed by atoms with E-state index in [0.717, 1.165) is 24.0 Å². The minimum atomic E-state index is -4.44. The number of aryl methyl sites for hydroxylation is 1. The van der Waals surface area contributed by atoms with Crippen molar-refractivity contribution in [3.05, 3.63) is 65.2 Å². The van der Waals surface area contributed by atoms with E-state index in [-0.39, 0.29) is 31.8 Å². The molecule has 0 unspecified atom stereocenters. The molecule has 29 heavy (non-hydrogen) atoms. The van der Waals surface area contributed by atoms with Crippen LogP contribution in [-0.2, 0) is 27.5 Å². The minimum Gasteiger partial charge on any atom is -0.352 e. The maximum atomic E-state index is 12.7. The number of carbonyl (C=O) groups excluding carboxylic acids is 1. The van der Waals surface area contributed by atoms with Gasteiger partial charge in [-0.05, 0) is 42.7 Å². The van der Waals surface area contributed by atoms with Crippen LogP contribution in [-0.4, -0.2) is 27.1 Å². The second kappa shape index (κ2) is 9.30. The molecule has 0 spiro atoms. The van der Waals surface area contributed by atoms with E-state index in [9.17, 15) is 26.4 Å². The average Bonchev–Trinajstić information content (AvgIpc) is 2.63. The molecular weight excluding hydrogens is 405 g/mol. The summed E-state index contributed by atoms with van der Waals surface area (Å²) in [6.07, 6.45) is -3.01. The molecule has 1 amide bonds. The second-order valence-electron chi connectivity index (χ2n) is 6.70. The summed E-state index contributed by atoms with van der Waals surface area (Å²) in [7, 11) is -3.52. The van der Waals surface area contributed by atoms with Crippen LogP contribution in [0.25, 0.3) is 0 Å². The van der Waals surface area contributed by atoms with Crippen molar-refractivity contribution in [2.24, 2.45) is 0 Å². The lowest BCUT2D eigenvalue weighted by Gasteiger charge is -2.24. The van der Waals surface area contributed by atoms with Crippen LogP contribution < -0.4 is 9.62 Å². The van der Waals surface area contributed by atoms with Crippen LogP contribution in [0.1, 0.15) is 29.5 Å². The number of anilines is 1. The molecule has 0 fully saturated rings. The fourth-order valence-electron chi connectivity index (χ4n) is 2.84. The molecule has 158 valence electrons. The SMILES string of the molecule is Cc1ccccc1N(CCCC(=O)NCc1cccc(C(F)(F)F)c1)S(C)(=O)=O. The van der Waals surface area contributed by atoms with E-state index in [4.69, 9.17) is 0 Å². The number of hydrogen-bond donors (Lipinski definition) is 1. The number of halogens is 3. The fraction of sp³-hybridized carbons (Fsp3) is 0.350. The topological polar surface area (TPSA) is 66.5 Å². The number of carbonyl (C=O) groups is 1. The summed E-state index contributed by atoms with van der Waals surface area (Å²) in [6.45, 7) is 1.90. The molecule has 0 aliphatic heterocycles. The number of benzene rings is 2. The molecule has 0 saturated heterocycles. The average molecular weight is 428 g/mol. The Bertz CT molecular complexity index is 959. The first-order valence-corrected chi connectivity index (χ1v) is 10.8. The quantitative estimate of drug-likeness (QED) is 0.694. The second-order valence-corrected chi connectivity index (χ2v) is 8.61. The van der Waals surface area contributed by atoms with Crippen LogP contribution in [0, 0.1) is 6.92 Å². The van der Waals surface area contributed by atoms with Crippen molar-refractivity contribution in [1.29, 1.82) is 0 Å². The number of amides is 1. The number of para-hydroxylation sites is 1. The maximum absolute atomic E-state index is 12.7. The van der Waals surface area contributed by atoms with Gasteiger partial charge in [0.15, 0.2) is 0 Å². The van der Waals surface area contributed by atoms with E-state index in [1.807, 2.05) is 0 Å². The monoisotopic (exact) mass is 428 g/mol. The molecule has 0 aliphatic carbocycles. The normalized spacial score (nSPS) is 11.9. The zero-order valence-corrected chi connectivity index (χ0v) is 17.0. The zero-order chi connectivity index (χ0) is 21.7. The van der Waals surface area contributed by atoms with Crippen molar-refractivity contribution < 1.29 is 26.4 Å². The van der Waals surface area contributed by atoms with Gasteiger partial charge in [-0.25, -0.2) is 8.42 Å². The zero-order valence-electron chi connectivity index (χ0n) is 16.2. The summed E-state index contributed by atoms with van der Waals surface area (Å²) in [5.74, 6) is -0.361. The summed E-state index contributed by atoms with van der Waals surface area (Å²) in [5, 5.41) is 2.57. The number of nitrogens with one attached hydrogen (secondary N) is 1. The van der Waals surface area contributed by atoms with Crippen molar-refractivity contribution in [3.63, 3.8) is 0 Å². The lowest BCUT2D eigenvalue weighted by atomic mass is 10.1. The Kier molecular flexibility index (Phi) is 7.29. The van der Waals surface area contributed by atoms with Gasteiger partial charge in [0.2, 0.25) is 15.9 Å². The highest BCUT2D eigenvalue weighted by Crippen LogP contribution is 2.29. The summed E-state index contributed by atoms with van der Waals surface area (Å²) >= 11 is 0. The fourth-order valence-corrected chi connectivity index (χ4v) is 3.86. The van der Waals surface area contributed by atoms with Crippen molar-refractivity contribution in [2.45, 2.75) is 32.5 Å². The molecule has 0 atom stereocenters. The van der Waals surface area contributed by atoms with Gasteiger partial charge in [-0.15, -0.1) is 0 Å². The molecule has 0 saturated carbocycles. The molecular formula is C20H23F3N2O3S. The van der Waals surface area contributed by atoms with Crippen molar-refractivity contribution in [3.8, 4) is 0 Å². The summed E-state index contributed by atoms with van der Waals surface area (Å²) < 4.78 is 63.7. The van der Waals surface area contributed by atoms with Gasteiger partial charge >= 0.3 is 6.18 Å². The van der Waals surface area contributed by atoms with Crippen molar-refractivity contribution in [2.75, 3.05) is 17.1 Å². The Morgan fingerprint density at radius 1 is 1.10 bits per heavy atom. The first-order chi connectivity index (χ1) is 13.5. The van der Waals surface area contributed by atoms with Crippen LogP contribution in [0.3, 0.4) is 0 Å². The lowest BCUT2D eigenvalue weighted by molar-refractivity contribution is -0.137. The molecule has 0 heterocycles. The van der Waals surface area contributed by atoms with Gasteiger partial charge in [-0.1, -0.05) is 30.3 Å². The number of nitrogens with zero attached hydrogens (tertiary/aromatic N) is 1. The predicted octanol–water partition coefficient (Wildman–Crippen LogP) is 3.88. The molecule has 0 aliphatic rings. The minimum absolute atomic E-state index is 0.0314. The Balaban J connectivity index is 1.91. The molecule has 9 heteroatoms. The van der Waals surface area contributed by atoms with E-state index < -0.39 is 21.8 Å². The highest BCUT2D eigenvalue weighted by molar-refractivity contribution is 7.92. The van der Waals surface area contributed by atoms with Gasteiger partial charge in [0, 0.05) is 19.5 Å². The molecule has 1 N–H and O–H groups in total. The van der Waals surface area contributed by atoms with Crippen molar-refractivity contribution >= 4 is 21.6 Å². The maximum Gasteiger partial charge on any atom is 0.416 e. The third-order valence-corrected chi connectivity index (χ3v) is 5.47. The highest BCUT2D eigenvalue weighted by Gasteiger charge is 2.30. The highest BCUT2D eigenvalue weighted by atomic mass is 32.2. The first kappa shape index (κ1) is 22.7. The van der Waals surface area contributed by atoms with E-state index in [0.29, 0.717) is 11.3 Å². The summed E-state index contributed by atoms with van der Waals surface area (Å²) in [4.78, 5) is 12.0. The lowest BCUT2D eigenvalue weighted by Crippen LogP contribution is -2.32. The molecule has 2 aromatic rings. The Hall–Kier alpha value is -2.55. The van der Waals surface area contributed by atoms with E-state index >= 15 is 0 Å². The molecule has 2 aromatic carbocycles. The van der Waals surface area contributed by atoms with Crippen LogP contribution in [0.15, 0.2) is 48.5 Å². The van der Waals surface area contributed by atoms with Crippen molar-refractivity contribution in [1.82, 2.24) is 5.32 Å². The van der Waals surface area contributed by atoms with Crippen LogP contribution in [0.2, 0.25) is 0 Å². The predicted molar refractivity (Wildman–Crippen MR) is 106 cm³/mol. The summed E-state index contributed by atoms with van der Waals surface area (Å²) in [6, 6.07) is 11.8. The smallest absolute Gasteiger partial charge is 0.352 e. The number of alkyl halides is 3. The third kappa shape index (κ3) is 6.77. The standard InChI is InChI=1S/C20H23F3N2O3S/c1-15-7-3-4-10-18(15)25(29(2,27)28)12-6-11-19(26)24-14-16-8-5-9-17(13-16)20(21,22)23/h3-5,7-10,13H,6,11-12,14H2,1-2H3,(H,24,26). The van der Waals surface area contributed by atoms with Crippen LogP contribution in [0.5, 0.6) is 0 Å². The van der Waals surface area contributed by atoms with Gasteiger partial charge in [0.05, 0.1) is 17.5 Å². The number of sulfonamides is 1. The van der Waals surface area contributed by atoms with Gasteiger partial charge in [0.1, 0.15) is 0 Å². The molecule has 5 nitrogen and oxygen atoms in total. The van der Waals surface area contributed by atoms with Crippen LogP contribution >= 0.6 is 0 Å². The van der Waals surface area contributed by atoms with Gasteiger partial charge in [-0.3, -0.25) is 9.10 Å². The number of hydrogen-bond acceptors (Lipinski definition) is 3. The van der Waals surface area contributed by atoms with Crippen LogP contribution in [0.4, 0.5) is 18.9 Å². The molecule has 0 radical (unpaired) electrons. The van der Waals surface area contributed by atoms with E-state index in [2.05, 4.69) is 5.32 Å². The Labute approximate surface area is 168 Å². The first-order valence-electron chi connectivity index (χ1n) is 8.94. The van der Waals surface area contributed by atoms with Gasteiger partial charge in [0.25, 0.3) is 0 Å². The summed E-state index contributed by atoms with van der Waals surface area (Å²) in [5.41, 5.74) is 0.920. The third-order valence-electron chi connectivity index (χ3n) is 4.29. The molecule has 0 bridgehead atoms. The number of rotatable bonds is 8. The molecule has 0 aromatic heterocycles. The largest absolute Gasteiger partial charge is 0.416 e. The van der Waals surface area contributed by atoms with Gasteiger partial charge in [-0.2, -0.15) is 13.2 Å². The Morgan fingerprint density at radius 3 is 2.41 bits per heavy atom. The Morgan fingerprint density at radius 2 is 1.79 bits per heavy atom. The van der Waals surface area contributed by atoms with E-state index in [1.54, 1.807) is 31.2 Å². The molecule has 2 rings (SSSR count). The van der Waals surface area contributed by atoms with Gasteiger partial charge < -0.3 is 5.32 Å².